The third-order valence-corrected chi connectivity index (χ3v) is 5.53. The number of hydrogen-bond donors (Lipinski definition) is 3. The summed E-state index contributed by atoms with van der Waals surface area (Å²) in [5.74, 6) is 0.313. The molecule has 1 amide bonds. The van der Waals surface area contributed by atoms with Crippen molar-refractivity contribution in [2.24, 2.45) is 5.10 Å². The second-order valence-electron chi connectivity index (χ2n) is 7.85. The van der Waals surface area contributed by atoms with Crippen molar-refractivity contribution in [3.05, 3.63) is 107 Å². The molecule has 5 aromatic rings. The number of carbonyl (C=O) groups is 1. The maximum atomic E-state index is 12.6. The molecule has 7 heteroatoms. The lowest BCUT2D eigenvalue weighted by atomic mass is 10.1. The minimum absolute atomic E-state index is 0.306. The predicted molar refractivity (Wildman–Crippen MR) is 133 cm³/mol. The molecule has 3 aromatic carbocycles. The van der Waals surface area contributed by atoms with Crippen LogP contribution in [0.5, 0.6) is 5.75 Å². The number of nitrogens with zero attached hydrogens (tertiary/aromatic N) is 2. The monoisotopic (exact) mass is 449 g/mol. The van der Waals surface area contributed by atoms with Crippen molar-refractivity contribution in [3.63, 3.8) is 0 Å². The van der Waals surface area contributed by atoms with Crippen LogP contribution in [-0.2, 0) is 6.61 Å². The molecule has 2 aromatic heterocycles. The standard InChI is InChI=1S/C27H23N5O2/c1-18-22(20-11-5-7-13-23(20)29-18)16-28-32-27(33)25-15-24(30-31-25)21-12-6-8-14-26(21)34-17-19-9-3-2-4-10-19/h2-16,29H,17H2,1H3,(H,30,31)(H,32,33). The Morgan fingerprint density at radius 3 is 2.68 bits per heavy atom. The van der Waals surface area contributed by atoms with Gasteiger partial charge in [-0.25, -0.2) is 5.43 Å². The molecule has 5 rings (SSSR count). The Balaban J connectivity index is 1.29. The fourth-order valence-corrected chi connectivity index (χ4v) is 3.80. The summed E-state index contributed by atoms with van der Waals surface area (Å²) < 4.78 is 6.02. The van der Waals surface area contributed by atoms with Gasteiger partial charge in [0.15, 0.2) is 0 Å². The number of H-pyrrole nitrogens is 2. The third-order valence-electron chi connectivity index (χ3n) is 5.53. The molecule has 7 nitrogen and oxygen atoms in total. The summed E-state index contributed by atoms with van der Waals surface area (Å²) in [5.41, 5.74) is 8.31. The SMILES string of the molecule is Cc1[nH]c2ccccc2c1C=NNC(=O)c1cc(-c2ccccc2OCc2ccccc2)n[nH]1. The molecule has 0 saturated heterocycles. The Labute approximate surface area is 196 Å². The first-order chi connectivity index (χ1) is 16.7. The normalized spacial score (nSPS) is 11.2. The lowest BCUT2D eigenvalue weighted by molar-refractivity contribution is 0.0950. The summed E-state index contributed by atoms with van der Waals surface area (Å²) in [6.07, 6.45) is 1.65. The number of aryl methyl sites for hydroxylation is 1. The number of rotatable bonds is 7. The summed E-state index contributed by atoms with van der Waals surface area (Å²) in [4.78, 5) is 15.9. The summed E-state index contributed by atoms with van der Waals surface area (Å²) in [5, 5.41) is 12.3. The van der Waals surface area contributed by atoms with E-state index in [-0.39, 0.29) is 5.91 Å². The summed E-state index contributed by atoms with van der Waals surface area (Å²) in [7, 11) is 0. The van der Waals surface area contributed by atoms with E-state index in [4.69, 9.17) is 4.74 Å². The number of benzene rings is 3. The number of carbonyl (C=O) groups excluding carboxylic acids is 1. The quantitative estimate of drug-likeness (QED) is 0.235. The van der Waals surface area contributed by atoms with Gasteiger partial charge in [0.1, 0.15) is 18.1 Å². The molecule has 0 aliphatic rings. The van der Waals surface area contributed by atoms with E-state index in [1.165, 1.54) is 0 Å². The topological polar surface area (TPSA) is 95.2 Å². The lowest BCUT2D eigenvalue weighted by Gasteiger charge is -2.10. The number of ether oxygens (including phenoxy) is 1. The molecule has 0 aliphatic heterocycles. The van der Waals surface area contributed by atoms with Gasteiger partial charge in [-0.1, -0.05) is 60.7 Å². The first kappa shape index (κ1) is 21.2. The average molecular weight is 450 g/mol. The van der Waals surface area contributed by atoms with Crippen LogP contribution in [0.15, 0.2) is 90.0 Å². The zero-order valence-corrected chi connectivity index (χ0v) is 18.6. The van der Waals surface area contributed by atoms with Crippen LogP contribution < -0.4 is 10.2 Å². The molecule has 34 heavy (non-hydrogen) atoms. The van der Waals surface area contributed by atoms with E-state index in [1.54, 1.807) is 12.3 Å². The van der Waals surface area contributed by atoms with Crippen molar-refractivity contribution in [2.45, 2.75) is 13.5 Å². The fraction of sp³-hybridized carbons (Fsp3) is 0.0741. The Bertz CT molecular complexity index is 1470. The molecule has 0 radical (unpaired) electrons. The molecule has 0 atom stereocenters. The smallest absolute Gasteiger partial charge is 0.289 e. The first-order valence-electron chi connectivity index (χ1n) is 10.9. The van der Waals surface area contributed by atoms with Crippen LogP contribution in [0.3, 0.4) is 0 Å². The Morgan fingerprint density at radius 2 is 1.79 bits per heavy atom. The minimum atomic E-state index is -0.379. The van der Waals surface area contributed by atoms with Gasteiger partial charge in [0.05, 0.1) is 11.9 Å². The third kappa shape index (κ3) is 4.45. The van der Waals surface area contributed by atoms with Crippen molar-refractivity contribution >= 4 is 23.0 Å². The molecule has 0 saturated carbocycles. The Morgan fingerprint density at radius 1 is 1.03 bits per heavy atom. The van der Waals surface area contributed by atoms with E-state index in [1.807, 2.05) is 85.8 Å². The number of para-hydroxylation sites is 2. The first-order valence-corrected chi connectivity index (χ1v) is 10.9. The van der Waals surface area contributed by atoms with Gasteiger partial charge < -0.3 is 9.72 Å². The number of fused-ring (bicyclic) bond motifs is 1. The van der Waals surface area contributed by atoms with E-state index in [9.17, 15) is 4.79 Å². The molecule has 2 heterocycles. The molecule has 0 fully saturated rings. The minimum Gasteiger partial charge on any atom is -0.488 e. The molecular formula is C27H23N5O2. The summed E-state index contributed by atoms with van der Waals surface area (Å²) >= 11 is 0. The van der Waals surface area contributed by atoms with E-state index in [0.717, 1.165) is 33.3 Å². The van der Waals surface area contributed by atoms with Gasteiger partial charge in [0, 0.05) is 27.7 Å². The highest BCUT2D eigenvalue weighted by Gasteiger charge is 2.14. The van der Waals surface area contributed by atoms with Gasteiger partial charge in [-0.2, -0.15) is 10.2 Å². The second kappa shape index (κ2) is 9.46. The lowest BCUT2D eigenvalue weighted by Crippen LogP contribution is -2.18. The zero-order chi connectivity index (χ0) is 23.3. The maximum Gasteiger partial charge on any atom is 0.289 e. The molecular weight excluding hydrogens is 426 g/mol. The van der Waals surface area contributed by atoms with Crippen molar-refractivity contribution in [1.82, 2.24) is 20.6 Å². The van der Waals surface area contributed by atoms with Gasteiger partial charge in [-0.05, 0) is 36.8 Å². The number of nitrogens with one attached hydrogen (secondary N) is 3. The maximum absolute atomic E-state index is 12.6. The summed E-state index contributed by atoms with van der Waals surface area (Å²) in [6.45, 7) is 2.42. The van der Waals surface area contributed by atoms with Crippen LogP contribution >= 0.6 is 0 Å². The average Bonchev–Trinajstić information content (AvgIpc) is 3.48. The number of aromatic amines is 2. The van der Waals surface area contributed by atoms with Gasteiger partial charge in [-0.15, -0.1) is 0 Å². The van der Waals surface area contributed by atoms with Crippen LogP contribution in [-0.4, -0.2) is 27.3 Å². The molecule has 168 valence electrons. The van der Waals surface area contributed by atoms with Crippen molar-refractivity contribution in [1.29, 1.82) is 0 Å². The van der Waals surface area contributed by atoms with Crippen LogP contribution in [0.25, 0.3) is 22.2 Å². The van der Waals surface area contributed by atoms with E-state index in [2.05, 4.69) is 25.7 Å². The van der Waals surface area contributed by atoms with Crippen molar-refractivity contribution in [2.75, 3.05) is 0 Å². The van der Waals surface area contributed by atoms with Crippen LogP contribution in [0.2, 0.25) is 0 Å². The molecule has 0 aliphatic carbocycles. The Kier molecular flexibility index (Phi) is 5.90. The number of aromatic nitrogens is 3. The summed E-state index contributed by atoms with van der Waals surface area (Å²) in [6, 6.07) is 27.2. The van der Waals surface area contributed by atoms with E-state index >= 15 is 0 Å². The van der Waals surface area contributed by atoms with Gasteiger partial charge >= 0.3 is 0 Å². The zero-order valence-electron chi connectivity index (χ0n) is 18.6. The molecule has 0 spiro atoms. The highest BCUT2D eigenvalue weighted by molar-refractivity contribution is 6.01. The highest BCUT2D eigenvalue weighted by atomic mass is 16.5. The second-order valence-corrected chi connectivity index (χ2v) is 7.85. The largest absolute Gasteiger partial charge is 0.488 e. The number of hydrogen-bond acceptors (Lipinski definition) is 4. The number of amides is 1. The van der Waals surface area contributed by atoms with E-state index < -0.39 is 0 Å². The molecule has 3 N–H and O–H groups in total. The van der Waals surface area contributed by atoms with Crippen molar-refractivity contribution in [3.8, 4) is 17.0 Å². The predicted octanol–water partition coefficient (Wildman–Crippen LogP) is 5.21. The van der Waals surface area contributed by atoms with Crippen LogP contribution in [0, 0.1) is 6.92 Å². The van der Waals surface area contributed by atoms with Gasteiger partial charge in [0.25, 0.3) is 5.91 Å². The van der Waals surface area contributed by atoms with Gasteiger partial charge in [-0.3, -0.25) is 9.89 Å². The van der Waals surface area contributed by atoms with E-state index in [0.29, 0.717) is 23.7 Å². The number of hydrazone groups is 1. The van der Waals surface area contributed by atoms with Crippen molar-refractivity contribution < 1.29 is 9.53 Å². The van der Waals surface area contributed by atoms with Gasteiger partial charge in [0.2, 0.25) is 0 Å². The highest BCUT2D eigenvalue weighted by Crippen LogP contribution is 2.29. The molecule has 0 bridgehead atoms. The molecule has 0 unspecified atom stereocenters. The fourth-order valence-electron chi connectivity index (χ4n) is 3.80. The van der Waals surface area contributed by atoms with Crippen LogP contribution in [0.1, 0.15) is 27.3 Å². The Hall–Kier alpha value is -4.65. The van der Waals surface area contributed by atoms with Crippen LogP contribution in [0.4, 0.5) is 0 Å².